The van der Waals surface area contributed by atoms with Gasteiger partial charge in [0.05, 0.1) is 10.6 Å². The summed E-state index contributed by atoms with van der Waals surface area (Å²) >= 11 is 11.7. The largest absolute Gasteiger partial charge is 0.354 e. The molecule has 1 fully saturated rings. The quantitative estimate of drug-likeness (QED) is 0.874. The van der Waals surface area contributed by atoms with Crippen LogP contribution in [0.2, 0.25) is 10.0 Å². The number of piperidine rings is 1. The number of benzene rings is 1. The smallest absolute Gasteiger partial charge is 0.253 e. The van der Waals surface area contributed by atoms with Gasteiger partial charge in [-0.05, 0) is 24.6 Å². The lowest BCUT2D eigenvalue weighted by Crippen LogP contribution is -2.47. The summed E-state index contributed by atoms with van der Waals surface area (Å²) in [6.45, 7) is 0.454. The van der Waals surface area contributed by atoms with Gasteiger partial charge in [0.25, 0.3) is 5.91 Å². The van der Waals surface area contributed by atoms with Gasteiger partial charge < -0.3 is 10.6 Å². The van der Waals surface area contributed by atoms with E-state index >= 15 is 0 Å². The first-order valence-electron chi connectivity index (χ1n) is 5.59. The van der Waals surface area contributed by atoms with Crippen LogP contribution in [0.4, 0.5) is 0 Å². The predicted octanol–water partition coefficient (Wildman–Crippen LogP) is 2.00. The van der Waals surface area contributed by atoms with E-state index in [0.717, 1.165) is 0 Å². The van der Waals surface area contributed by atoms with Gasteiger partial charge in [-0.25, -0.2) is 0 Å². The molecule has 0 saturated carbocycles. The zero-order valence-electron chi connectivity index (χ0n) is 9.50. The fourth-order valence-electron chi connectivity index (χ4n) is 1.79. The molecule has 0 aliphatic carbocycles. The van der Waals surface area contributed by atoms with Crippen LogP contribution in [0.1, 0.15) is 23.2 Å². The monoisotopic (exact) mass is 286 g/mol. The van der Waals surface area contributed by atoms with Crippen molar-refractivity contribution in [1.82, 2.24) is 10.6 Å². The van der Waals surface area contributed by atoms with Gasteiger partial charge in [0.15, 0.2) is 0 Å². The van der Waals surface area contributed by atoms with E-state index in [0.29, 0.717) is 35.0 Å². The first kappa shape index (κ1) is 13.2. The van der Waals surface area contributed by atoms with Gasteiger partial charge in [-0.15, -0.1) is 0 Å². The highest BCUT2D eigenvalue weighted by Gasteiger charge is 2.21. The maximum Gasteiger partial charge on any atom is 0.253 e. The molecule has 0 bridgehead atoms. The molecule has 6 heteroatoms. The number of carbonyl (C=O) groups is 2. The van der Waals surface area contributed by atoms with Crippen molar-refractivity contribution in [3.8, 4) is 0 Å². The van der Waals surface area contributed by atoms with Crippen LogP contribution >= 0.6 is 23.2 Å². The lowest BCUT2D eigenvalue weighted by Gasteiger charge is -2.23. The molecule has 0 radical (unpaired) electrons. The van der Waals surface area contributed by atoms with Gasteiger partial charge in [-0.1, -0.05) is 23.2 Å². The molecule has 2 rings (SSSR count). The number of amides is 2. The molecule has 4 nitrogen and oxygen atoms in total. The Kier molecular flexibility index (Phi) is 4.09. The van der Waals surface area contributed by atoms with Crippen LogP contribution in [-0.2, 0) is 4.79 Å². The Labute approximate surface area is 115 Å². The molecule has 1 heterocycles. The standard InChI is InChI=1S/C12H12Cl2N2O2/c13-7-1-3-9(10(14)5-7)12(18)16-8-2-4-11(17)15-6-8/h1,3,5,8H,2,4,6H2,(H,15,17)(H,16,18). The summed E-state index contributed by atoms with van der Waals surface area (Å²) in [5.41, 5.74) is 0.387. The van der Waals surface area contributed by atoms with E-state index in [4.69, 9.17) is 23.2 Å². The van der Waals surface area contributed by atoms with E-state index in [-0.39, 0.29) is 17.9 Å². The van der Waals surface area contributed by atoms with Crippen molar-refractivity contribution in [3.63, 3.8) is 0 Å². The number of carbonyl (C=O) groups excluding carboxylic acids is 2. The predicted molar refractivity (Wildman–Crippen MR) is 70.0 cm³/mol. The van der Waals surface area contributed by atoms with Crippen LogP contribution < -0.4 is 10.6 Å². The third kappa shape index (κ3) is 3.15. The minimum atomic E-state index is -0.252. The molecule has 1 aliphatic rings. The lowest BCUT2D eigenvalue weighted by atomic mass is 10.1. The van der Waals surface area contributed by atoms with Gasteiger partial charge in [0.2, 0.25) is 5.91 Å². The number of hydrogen-bond donors (Lipinski definition) is 2. The van der Waals surface area contributed by atoms with Crippen molar-refractivity contribution in [1.29, 1.82) is 0 Å². The van der Waals surface area contributed by atoms with Gasteiger partial charge >= 0.3 is 0 Å². The second kappa shape index (κ2) is 5.59. The van der Waals surface area contributed by atoms with Gasteiger partial charge in [0.1, 0.15) is 0 Å². The maximum atomic E-state index is 12.0. The van der Waals surface area contributed by atoms with Gasteiger partial charge in [-0.3, -0.25) is 9.59 Å². The van der Waals surface area contributed by atoms with Crippen LogP contribution in [0.5, 0.6) is 0 Å². The van der Waals surface area contributed by atoms with Crippen LogP contribution in [0.15, 0.2) is 18.2 Å². The third-order valence-corrected chi connectivity index (χ3v) is 3.32. The van der Waals surface area contributed by atoms with E-state index in [1.165, 1.54) is 6.07 Å². The molecule has 0 spiro atoms. The normalized spacial score (nSPS) is 19.2. The average molecular weight is 287 g/mol. The van der Waals surface area contributed by atoms with Gasteiger partial charge in [-0.2, -0.15) is 0 Å². The molecule has 18 heavy (non-hydrogen) atoms. The fourth-order valence-corrected chi connectivity index (χ4v) is 2.29. The van der Waals surface area contributed by atoms with Crippen molar-refractivity contribution in [2.24, 2.45) is 0 Å². The van der Waals surface area contributed by atoms with Crippen molar-refractivity contribution in [3.05, 3.63) is 33.8 Å². The van der Waals surface area contributed by atoms with E-state index in [1.54, 1.807) is 12.1 Å². The summed E-state index contributed by atoms with van der Waals surface area (Å²) in [4.78, 5) is 23.0. The summed E-state index contributed by atoms with van der Waals surface area (Å²) in [5, 5.41) is 6.35. The fraction of sp³-hybridized carbons (Fsp3) is 0.333. The maximum absolute atomic E-state index is 12.0. The molecule has 1 atom stereocenters. The SMILES string of the molecule is O=C1CCC(NC(=O)c2ccc(Cl)cc2Cl)CN1. The summed E-state index contributed by atoms with van der Waals surface area (Å²) in [6, 6.07) is 4.68. The second-order valence-corrected chi connectivity index (χ2v) is 4.98. The second-order valence-electron chi connectivity index (χ2n) is 4.14. The Bertz CT molecular complexity index is 481. The lowest BCUT2D eigenvalue weighted by molar-refractivity contribution is -0.122. The molecular formula is C12H12Cl2N2O2. The summed E-state index contributed by atoms with van der Waals surface area (Å²) in [5.74, 6) is -0.233. The molecule has 2 N–H and O–H groups in total. The number of hydrogen-bond acceptors (Lipinski definition) is 2. The molecule has 1 aliphatic heterocycles. The highest BCUT2D eigenvalue weighted by Crippen LogP contribution is 2.21. The minimum Gasteiger partial charge on any atom is -0.354 e. The van der Waals surface area contributed by atoms with Crippen molar-refractivity contribution >= 4 is 35.0 Å². The Morgan fingerprint density at radius 2 is 2.17 bits per heavy atom. The molecular weight excluding hydrogens is 275 g/mol. The minimum absolute atomic E-state index is 0.0185. The Morgan fingerprint density at radius 3 is 2.78 bits per heavy atom. The zero-order chi connectivity index (χ0) is 13.1. The third-order valence-electron chi connectivity index (χ3n) is 2.78. The summed E-state index contributed by atoms with van der Waals surface area (Å²) in [6.07, 6.45) is 1.07. The molecule has 1 aromatic carbocycles. The first-order valence-corrected chi connectivity index (χ1v) is 6.34. The van der Waals surface area contributed by atoms with E-state index in [9.17, 15) is 9.59 Å². The van der Waals surface area contributed by atoms with E-state index in [2.05, 4.69) is 10.6 Å². The Morgan fingerprint density at radius 1 is 1.39 bits per heavy atom. The van der Waals surface area contributed by atoms with Crippen LogP contribution in [0, 0.1) is 0 Å². The van der Waals surface area contributed by atoms with Crippen LogP contribution in [-0.4, -0.2) is 24.4 Å². The molecule has 1 unspecified atom stereocenters. The van der Waals surface area contributed by atoms with E-state index < -0.39 is 0 Å². The first-order chi connectivity index (χ1) is 8.56. The van der Waals surface area contributed by atoms with Crippen molar-refractivity contribution in [2.45, 2.75) is 18.9 Å². The summed E-state index contributed by atoms with van der Waals surface area (Å²) in [7, 11) is 0. The van der Waals surface area contributed by atoms with E-state index in [1.807, 2.05) is 0 Å². The van der Waals surface area contributed by atoms with Gasteiger partial charge in [0, 0.05) is 24.0 Å². The number of rotatable bonds is 2. The topological polar surface area (TPSA) is 58.2 Å². The zero-order valence-corrected chi connectivity index (χ0v) is 11.0. The highest BCUT2D eigenvalue weighted by atomic mass is 35.5. The number of nitrogens with one attached hydrogen (secondary N) is 2. The molecule has 96 valence electrons. The van der Waals surface area contributed by atoms with Crippen molar-refractivity contribution < 1.29 is 9.59 Å². The Hall–Kier alpha value is -1.26. The summed E-state index contributed by atoms with van der Waals surface area (Å²) < 4.78 is 0. The molecule has 1 aromatic rings. The molecule has 1 saturated heterocycles. The number of halogens is 2. The van der Waals surface area contributed by atoms with Crippen molar-refractivity contribution in [2.75, 3.05) is 6.54 Å². The Balaban J connectivity index is 2.01. The molecule has 2 amide bonds. The molecule has 0 aromatic heterocycles. The van der Waals surface area contributed by atoms with Crippen LogP contribution in [0.25, 0.3) is 0 Å². The van der Waals surface area contributed by atoms with Crippen LogP contribution in [0.3, 0.4) is 0 Å². The highest BCUT2D eigenvalue weighted by molar-refractivity contribution is 6.36. The average Bonchev–Trinajstić information content (AvgIpc) is 2.32.